The number of carbonyl (C=O) groups excluding carboxylic acids is 2. The van der Waals surface area contributed by atoms with E-state index >= 15 is 0 Å². The predicted octanol–water partition coefficient (Wildman–Crippen LogP) is 5.66. The molecule has 2 aromatic carbocycles. The second-order valence-corrected chi connectivity index (χ2v) is 10.8. The summed E-state index contributed by atoms with van der Waals surface area (Å²) in [6.45, 7) is 2.75. The number of hydrogen-bond acceptors (Lipinski definition) is 3. The summed E-state index contributed by atoms with van der Waals surface area (Å²) in [5.74, 6) is -0.408. The molecule has 0 spiro atoms. The fraction of sp³-hybridized carbons (Fsp3) is 0.269. The third-order valence-electron chi connectivity index (χ3n) is 7.37. The van der Waals surface area contributed by atoms with Gasteiger partial charge >= 0.3 is 0 Å². The van der Waals surface area contributed by atoms with E-state index in [-0.39, 0.29) is 35.5 Å². The summed E-state index contributed by atoms with van der Waals surface area (Å²) < 4.78 is 4.30. The van der Waals surface area contributed by atoms with Crippen molar-refractivity contribution in [2.45, 2.75) is 19.9 Å². The lowest BCUT2D eigenvalue weighted by molar-refractivity contribution is -0.140. The van der Waals surface area contributed by atoms with Gasteiger partial charge < -0.3 is 4.57 Å². The highest BCUT2D eigenvalue weighted by molar-refractivity contribution is 9.11. The van der Waals surface area contributed by atoms with Crippen molar-refractivity contribution in [1.82, 2.24) is 9.58 Å². The highest BCUT2D eigenvalue weighted by atomic mass is 79.9. The van der Waals surface area contributed by atoms with Gasteiger partial charge in [-0.3, -0.25) is 9.59 Å². The summed E-state index contributed by atoms with van der Waals surface area (Å²) in [5.41, 5.74) is 4.21. The molecule has 166 valence electrons. The molecule has 1 saturated carbocycles. The van der Waals surface area contributed by atoms with Crippen molar-refractivity contribution in [2.75, 3.05) is 0 Å². The van der Waals surface area contributed by atoms with Crippen molar-refractivity contribution in [1.29, 1.82) is 0 Å². The Morgan fingerprint density at radius 3 is 2.42 bits per heavy atom. The van der Waals surface area contributed by atoms with Crippen LogP contribution in [-0.4, -0.2) is 27.6 Å². The fourth-order valence-corrected chi connectivity index (χ4v) is 6.93. The Labute approximate surface area is 208 Å². The number of allylic oxidation sites excluding steroid dienone is 2. The number of hydrazone groups is 1. The van der Waals surface area contributed by atoms with Crippen LogP contribution in [-0.2, 0) is 16.1 Å². The van der Waals surface area contributed by atoms with Crippen LogP contribution in [0.3, 0.4) is 0 Å². The number of carbonyl (C=O) groups is 2. The number of nitrogens with zero attached hydrogens (tertiary/aromatic N) is 3. The molecule has 2 fully saturated rings. The smallest absolute Gasteiger partial charge is 0.254 e. The number of hydrogen-bond donors (Lipinski definition) is 0. The molecule has 0 radical (unpaired) electrons. The molecule has 7 heteroatoms. The van der Waals surface area contributed by atoms with E-state index < -0.39 is 0 Å². The highest BCUT2D eigenvalue weighted by Crippen LogP contribution is 2.52. The van der Waals surface area contributed by atoms with E-state index in [1.54, 1.807) is 6.21 Å². The van der Waals surface area contributed by atoms with E-state index in [1.807, 2.05) is 24.3 Å². The van der Waals surface area contributed by atoms with E-state index in [4.69, 9.17) is 0 Å². The number of benzene rings is 2. The van der Waals surface area contributed by atoms with E-state index in [0.29, 0.717) is 6.54 Å². The first-order valence-corrected chi connectivity index (χ1v) is 12.6. The zero-order valence-corrected chi connectivity index (χ0v) is 21.1. The Kier molecular flexibility index (Phi) is 4.96. The Balaban J connectivity index is 1.36. The standard InChI is InChI=1S/C26H21Br2N3O2/c1-14-20(12-29-31-25(32)23-15-6-7-16(10-15)24(23)26(31)33)19-4-2-3-5-22(19)30(14)13-17-8-9-18(27)11-21(17)28/h2-9,11-12,15-16,23-24H,10,13H2,1H3/t15-,16-,23-,24+/m0/s1. The van der Waals surface area contributed by atoms with Gasteiger partial charge in [-0.15, -0.1) is 0 Å². The summed E-state index contributed by atoms with van der Waals surface area (Å²) in [5, 5.41) is 6.62. The third-order valence-corrected chi connectivity index (χ3v) is 8.60. The van der Waals surface area contributed by atoms with Gasteiger partial charge in [-0.2, -0.15) is 10.1 Å². The number of fused-ring (bicyclic) bond motifs is 6. The molecule has 33 heavy (non-hydrogen) atoms. The van der Waals surface area contributed by atoms with Gasteiger partial charge in [-0.25, -0.2) is 0 Å². The van der Waals surface area contributed by atoms with Crippen LogP contribution in [0.2, 0.25) is 0 Å². The van der Waals surface area contributed by atoms with Crippen molar-refractivity contribution >= 4 is 60.8 Å². The van der Waals surface area contributed by atoms with Gasteiger partial charge in [0.25, 0.3) is 11.8 Å². The third kappa shape index (κ3) is 3.20. The second kappa shape index (κ2) is 7.77. The van der Waals surface area contributed by atoms with Crippen LogP contribution >= 0.6 is 31.9 Å². The van der Waals surface area contributed by atoms with Crippen LogP contribution in [0.5, 0.6) is 0 Å². The zero-order valence-electron chi connectivity index (χ0n) is 17.9. The van der Waals surface area contributed by atoms with Crippen molar-refractivity contribution < 1.29 is 9.59 Å². The van der Waals surface area contributed by atoms with E-state index in [9.17, 15) is 9.59 Å². The Hall–Kier alpha value is -2.51. The maximum atomic E-state index is 13.0. The minimum absolute atomic E-state index is 0.154. The van der Waals surface area contributed by atoms with Crippen molar-refractivity contribution in [3.05, 3.63) is 80.4 Å². The molecule has 4 atom stereocenters. The van der Waals surface area contributed by atoms with E-state index in [2.05, 4.69) is 78.8 Å². The van der Waals surface area contributed by atoms with Crippen molar-refractivity contribution in [2.24, 2.45) is 28.8 Å². The van der Waals surface area contributed by atoms with Gasteiger partial charge in [0.15, 0.2) is 0 Å². The fourth-order valence-electron chi connectivity index (χ4n) is 5.76. The summed E-state index contributed by atoms with van der Waals surface area (Å²) >= 11 is 7.18. The first-order valence-electron chi connectivity index (χ1n) is 11.1. The molecule has 6 rings (SSSR count). The average Bonchev–Trinajstić information content (AvgIpc) is 3.53. The quantitative estimate of drug-likeness (QED) is 0.232. The molecule has 2 bridgehead atoms. The SMILES string of the molecule is Cc1c(C=NN2C(=O)[C@@H]3[C@H](C2=O)[C@H]2C=C[C@H]3C2)c2ccccc2n1Cc1ccc(Br)cc1Br. The summed E-state index contributed by atoms with van der Waals surface area (Å²) in [7, 11) is 0. The van der Waals surface area contributed by atoms with Crippen molar-refractivity contribution in [3.63, 3.8) is 0 Å². The molecular formula is C26H21Br2N3O2. The zero-order chi connectivity index (χ0) is 22.9. The van der Waals surface area contributed by atoms with Crippen LogP contribution in [0.15, 0.2) is 68.7 Å². The van der Waals surface area contributed by atoms with Crippen LogP contribution in [0.25, 0.3) is 10.9 Å². The number of halogens is 2. The minimum Gasteiger partial charge on any atom is -0.340 e. The lowest BCUT2D eigenvalue weighted by Gasteiger charge is -2.13. The lowest BCUT2D eigenvalue weighted by Crippen LogP contribution is -2.28. The molecule has 3 aromatic rings. The molecule has 0 unspecified atom stereocenters. The van der Waals surface area contributed by atoms with Crippen LogP contribution in [0.1, 0.15) is 23.2 Å². The molecule has 2 heterocycles. The van der Waals surface area contributed by atoms with E-state index in [1.165, 1.54) is 0 Å². The number of amides is 2. The largest absolute Gasteiger partial charge is 0.340 e. The monoisotopic (exact) mass is 565 g/mol. The Morgan fingerprint density at radius 2 is 1.73 bits per heavy atom. The van der Waals surface area contributed by atoms with Crippen molar-refractivity contribution in [3.8, 4) is 0 Å². The summed E-state index contributed by atoms with van der Waals surface area (Å²) in [6, 6.07) is 14.3. The molecule has 2 aliphatic carbocycles. The van der Waals surface area contributed by atoms with Gasteiger partial charge in [-0.05, 0) is 48.9 Å². The van der Waals surface area contributed by atoms with E-state index in [0.717, 1.165) is 48.1 Å². The molecule has 3 aliphatic rings. The summed E-state index contributed by atoms with van der Waals surface area (Å²) in [6.07, 6.45) is 6.81. The maximum Gasteiger partial charge on any atom is 0.254 e. The first-order chi connectivity index (χ1) is 15.9. The van der Waals surface area contributed by atoms with Crippen LogP contribution in [0.4, 0.5) is 0 Å². The topological polar surface area (TPSA) is 54.7 Å². The molecule has 1 saturated heterocycles. The average molecular weight is 567 g/mol. The van der Waals surface area contributed by atoms with Gasteiger partial charge in [0.05, 0.1) is 18.1 Å². The number of rotatable bonds is 4. The highest BCUT2D eigenvalue weighted by Gasteiger charge is 2.59. The van der Waals surface area contributed by atoms with Crippen LogP contribution in [0, 0.1) is 30.6 Å². The molecule has 1 aliphatic heterocycles. The molecule has 5 nitrogen and oxygen atoms in total. The predicted molar refractivity (Wildman–Crippen MR) is 135 cm³/mol. The minimum atomic E-state index is -0.234. The summed E-state index contributed by atoms with van der Waals surface area (Å²) in [4.78, 5) is 26.0. The van der Waals surface area contributed by atoms with Crippen LogP contribution < -0.4 is 0 Å². The molecule has 1 aromatic heterocycles. The van der Waals surface area contributed by atoms with Gasteiger partial charge in [-0.1, -0.05) is 68.3 Å². The lowest BCUT2D eigenvalue weighted by atomic mass is 9.85. The molecule has 0 N–H and O–H groups in total. The van der Waals surface area contributed by atoms with Gasteiger partial charge in [0.1, 0.15) is 0 Å². The maximum absolute atomic E-state index is 13.0. The first kappa shape index (κ1) is 21.1. The Bertz CT molecular complexity index is 1360. The Morgan fingerprint density at radius 1 is 1.03 bits per heavy atom. The van der Waals surface area contributed by atoms with Gasteiger partial charge in [0.2, 0.25) is 0 Å². The number of aromatic nitrogens is 1. The molecular weight excluding hydrogens is 546 g/mol. The number of imide groups is 1. The normalized spacial score (nSPS) is 25.8. The van der Waals surface area contributed by atoms with Gasteiger partial charge in [0, 0.05) is 37.7 Å². The second-order valence-electron chi connectivity index (χ2n) is 9.07. The number of para-hydroxylation sites is 1. The molecule has 2 amide bonds.